The van der Waals surface area contributed by atoms with Crippen LogP contribution in [0.3, 0.4) is 0 Å². The van der Waals surface area contributed by atoms with Gasteiger partial charge in [0.25, 0.3) is 5.91 Å². The third-order valence-electron chi connectivity index (χ3n) is 6.98. The maximum Gasteiger partial charge on any atom is 0.291 e. The predicted molar refractivity (Wildman–Crippen MR) is 100.0 cm³/mol. The Morgan fingerprint density at radius 1 is 1.25 bits per heavy atom. The Labute approximate surface area is 163 Å². The number of nitrogens with one attached hydrogen (secondary N) is 1. The van der Waals surface area contributed by atoms with Gasteiger partial charge in [0.1, 0.15) is 17.9 Å². The van der Waals surface area contributed by atoms with Gasteiger partial charge in [0, 0.05) is 18.1 Å². The number of imide groups is 1. The highest BCUT2D eigenvalue weighted by Crippen LogP contribution is 2.49. The number of hydrogen-bond acceptors (Lipinski definition) is 4. The molecule has 1 spiro atoms. The smallest absolute Gasteiger partial charge is 0.291 e. The zero-order chi connectivity index (χ0) is 19.6. The molecule has 4 heterocycles. The van der Waals surface area contributed by atoms with Crippen LogP contribution < -0.4 is 10.6 Å². The first-order chi connectivity index (χ1) is 13.4. The number of amides is 3. The Morgan fingerprint density at radius 3 is 2.75 bits per heavy atom. The maximum atomic E-state index is 13.5. The minimum absolute atomic E-state index is 0.0890. The van der Waals surface area contributed by atoms with Crippen molar-refractivity contribution in [2.24, 2.45) is 17.8 Å². The highest BCUT2D eigenvalue weighted by molar-refractivity contribution is 6.13. The standard InChI is InChI=1S/C21H25N3O4/c1-11(2)17-15-16(19(26)24(18(15)25)10-12-6-5-9-28-12)21(23-17)13-7-3-4-8-14(13)22-20(21)27/h3-4,7-8,11-12,15-17,23H,5-6,9-10H2,1-2H3,(H,22,27)/p+1/t12-,15-,16-,17+,21-/m1/s1. The fourth-order valence-corrected chi connectivity index (χ4v) is 5.68. The summed E-state index contributed by atoms with van der Waals surface area (Å²) in [4.78, 5) is 41.5. The van der Waals surface area contributed by atoms with Crippen molar-refractivity contribution in [3.63, 3.8) is 0 Å². The van der Waals surface area contributed by atoms with Crippen LogP contribution in [0, 0.1) is 17.8 Å². The number of carbonyl (C=O) groups is 3. The molecule has 1 aromatic carbocycles. The first kappa shape index (κ1) is 17.8. The lowest BCUT2D eigenvalue weighted by Crippen LogP contribution is -2.99. The van der Waals surface area contributed by atoms with Gasteiger partial charge in [0.2, 0.25) is 17.4 Å². The van der Waals surface area contributed by atoms with Gasteiger partial charge in [0.05, 0.1) is 18.3 Å². The molecule has 4 aliphatic heterocycles. The summed E-state index contributed by atoms with van der Waals surface area (Å²) in [7, 11) is 0. The Bertz CT molecular complexity index is 863. The van der Waals surface area contributed by atoms with Crippen LogP contribution in [0.5, 0.6) is 0 Å². The van der Waals surface area contributed by atoms with E-state index in [9.17, 15) is 14.4 Å². The normalized spacial score (nSPS) is 36.5. The molecular formula is C21H26N3O4+. The summed E-state index contributed by atoms with van der Waals surface area (Å²) < 4.78 is 5.67. The van der Waals surface area contributed by atoms with Gasteiger partial charge in [-0.05, 0) is 18.9 Å². The number of rotatable bonds is 3. The molecule has 0 unspecified atom stereocenters. The highest BCUT2D eigenvalue weighted by atomic mass is 16.5. The van der Waals surface area contributed by atoms with Crippen molar-refractivity contribution >= 4 is 23.4 Å². The first-order valence-corrected chi connectivity index (χ1v) is 10.2. The molecule has 7 heteroatoms. The summed E-state index contributed by atoms with van der Waals surface area (Å²) in [6.45, 7) is 5.08. The SMILES string of the molecule is CC(C)[C@@H]1[NH2+][C@@]2(C(=O)Nc3ccccc32)[C@H]2C(=O)N(C[C@H]3CCCO3)C(=O)[C@@H]12. The van der Waals surface area contributed by atoms with Gasteiger partial charge in [-0.3, -0.25) is 19.3 Å². The van der Waals surface area contributed by atoms with E-state index in [4.69, 9.17) is 4.74 Å². The van der Waals surface area contributed by atoms with Gasteiger partial charge in [0.15, 0.2) is 0 Å². The predicted octanol–water partition coefficient (Wildman–Crippen LogP) is 0.216. The lowest BCUT2D eigenvalue weighted by Gasteiger charge is -2.28. The number of ether oxygens (including phenoxy) is 1. The van der Waals surface area contributed by atoms with E-state index < -0.39 is 17.4 Å². The van der Waals surface area contributed by atoms with E-state index in [0.29, 0.717) is 13.2 Å². The molecule has 3 saturated heterocycles. The van der Waals surface area contributed by atoms with E-state index in [2.05, 4.69) is 19.2 Å². The van der Waals surface area contributed by atoms with Gasteiger partial charge >= 0.3 is 0 Å². The lowest BCUT2D eigenvalue weighted by atomic mass is 9.76. The molecule has 28 heavy (non-hydrogen) atoms. The maximum absolute atomic E-state index is 13.5. The summed E-state index contributed by atoms with van der Waals surface area (Å²) in [5, 5.41) is 4.94. The number of nitrogens with zero attached hydrogens (tertiary/aromatic N) is 1. The molecule has 0 radical (unpaired) electrons. The number of hydrogen-bond donors (Lipinski definition) is 2. The molecule has 148 valence electrons. The van der Waals surface area contributed by atoms with Crippen molar-refractivity contribution in [2.75, 3.05) is 18.5 Å². The van der Waals surface area contributed by atoms with Gasteiger partial charge in [-0.25, -0.2) is 0 Å². The fraction of sp³-hybridized carbons (Fsp3) is 0.571. The van der Waals surface area contributed by atoms with Crippen LogP contribution in [-0.2, 0) is 24.7 Å². The molecular weight excluding hydrogens is 358 g/mol. The zero-order valence-electron chi connectivity index (χ0n) is 16.2. The van der Waals surface area contributed by atoms with Crippen molar-refractivity contribution < 1.29 is 24.4 Å². The molecule has 4 aliphatic rings. The Hall–Kier alpha value is -2.25. The van der Waals surface area contributed by atoms with Crippen LogP contribution in [0.4, 0.5) is 5.69 Å². The summed E-state index contributed by atoms with van der Waals surface area (Å²) in [5.74, 6) is -1.55. The van der Waals surface area contributed by atoms with E-state index in [1.54, 1.807) is 0 Å². The van der Waals surface area contributed by atoms with Crippen LogP contribution in [0.1, 0.15) is 32.3 Å². The highest BCUT2D eigenvalue weighted by Gasteiger charge is 2.74. The average molecular weight is 384 g/mol. The van der Waals surface area contributed by atoms with E-state index in [0.717, 1.165) is 24.1 Å². The molecule has 0 aromatic heterocycles. The van der Waals surface area contributed by atoms with E-state index >= 15 is 0 Å². The van der Waals surface area contributed by atoms with Crippen molar-refractivity contribution in [2.45, 2.75) is 44.4 Å². The average Bonchev–Trinajstić information content (AvgIpc) is 3.41. The molecule has 7 nitrogen and oxygen atoms in total. The number of benzene rings is 1. The molecule has 0 aliphatic carbocycles. The number of fused-ring (bicyclic) bond motifs is 4. The second kappa shape index (κ2) is 6.12. The van der Waals surface area contributed by atoms with Crippen molar-refractivity contribution in [3.05, 3.63) is 29.8 Å². The number of carbonyl (C=O) groups excluding carboxylic acids is 3. The number of para-hydroxylation sites is 1. The van der Waals surface area contributed by atoms with Crippen LogP contribution in [-0.4, -0.2) is 47.9 Å². The minimum atomic E-state index is -1.06. The Morgan fingerprint density at radius 2 is 2.04 bits per heavy atom. The summed E-state index contributed by atoms with van der Waals surface area (Å²) in [5.41, 5.74) is 0.497. The topological polar surface area (TPSA) is 92.3 Å². The van der Waals surface area contributed by atoms with Gasteiger partial charge in [-0.2, -0.15) is 0 Å². The third-order valence-corrected chi connectivity index (χ3v) is 6.98. The minimum Gasteiger partial charge on any atom is -0.376 e. The molecule has 0 bridgehead atoms. The van der Waals surface area contributed by atoms with Crippen molar-refractivity contribution in [3.8, 4) is 0 Å². The summed E-state index contributed by atoms with van der Waals surface area (Å²) in [6, 6.07) is 7.41. The molecule has 3 N–H and O–H groups in total. The van der Waals surface area contributed by atoms with Gasteiger partial charge < -0.3 is 15.4 Å². The van der Waals surface area contributed by atoms with Crippen LogP contribution >= 0.6 is 0 Å². The van der Waals surface area contributed by atoms with Crippen LogP contribution in [0.15, 0.2) is 24.3 Å². The van der Waals surface area contributed by atoms with E-state index in [1.165, 1.54) is 4.90 Å². The lowest BCUT2D eigenvalue weighted by molar-refractivity contribution is -0.738. The van der Waals surface area contributed by atoms with E-state index in [1.807, 2.05) is 29.6 Å². The van der Waals surface area contributed by atoms with Gasteiger partial charge in [-0.15, -0.1) is 0 Å². The largest absolute Gasteiger partial charge is 0.376 e. The quantitative estimate of drug-likeness (QED) is 0.729. The molecule has 0 saturated carbocycles. The molecule has 3 amide bonds. The number of nitrogens with two attached hydrogens (primary N) is 1. The molecule has 3 fully saturated rings. The zero-order valence-corrected chi connectivity index (χ0v) is 16.2. The Kier molecular flexibility index (Phi) is 3.90. The van der Waals surface area contributed by atoms with Gasteiger partial charge in [-0.1, -0.05) is 32.0 Å². The van der Waals surface area contributed by atoms with Crippen molar-refractivity contribution in [1.82, 2.24) is 4.90 Å². The monoisotopic (exact) mass is 384 g/mol. The fourth-order valence-electron chi connectivity index (χ4n) is 5.68. The number of anilines is 1. The van der Waals surface area contributed by atoms with Crippen molar-refractivity contribution in [1.29, 1.82) is 0 Å². The molecule has 5 atom stereocenters. The number of likely N-dealkylation sites (tertiary alicyclic amines) is 1. The van der Waals surface area contributed by atoms with Crippen LogP contribution in [0.25, 0.3) is 0 Å². The van der Waals surface area contributed by atoms with Crippen LogP contribution in [0.2, 0.25) is 0 Å². The summed E-state index contributed by atoms with van der Waals surface area (Å²) >= 11 is 0. The molecule has 1 aromatic rings. The molecule has 5 rings (SSSR count). The first-order valence-electron chi connectivity index (χ1n) is 10.2. The van der Waals surface area contributed by atoms with E-state index in [-0.39, 0.29) is 35.8 Å². The summed E-state index contributed by atoms with van der Waals surface area (Å²) in [6.07, 6.45) is 1.73. The third kappa shape index (κ3) is 2.20. The second-order valence-corrected chi connectivity index (χ2v) is 8.78. The number of quaternary nitrogens is 1. The Balaban J connectivity index is 1.59. The second-order valence-electron chi connectivity index (χ2n) is 8.78.